The van der Waals surface area contributed by atoms with E-state index >= 15 is 0 Å². The molecule has 1 unspecified atom stereocenters. The van der Waals surface area contributed by atoms with Gasteiger partial charge in [0.2, 0.25) is 5.91 Å². The zero-order valence-corrected chi connectivity index (χ0v) is 16.1. The van der Waals surface area contributed by atoms with E-state index in [1.165, 1.54) is 5.69 Å². The lowest BCUT2D eigenvalue weighted by Crippen LogP contribution is -2.33. The Morgan fingerprint density at radius 3 is 2.96 bits per heavy atom. The molecule has 6 heteroatoms. The second kappa shape index (κ2) is 6.71. The van der Waals surface area contributed by atoms with Crippen molar-refractivity contribution < 1.29 is 9.53 Å². The van der Waals surface area contributed by atoms with E-state index in [1.54, 1.807) is 7.11 Å². The third kappa shape index (κ3) is 2.79. The van der Waals surface area contributed by atoms with Crippen LogP contribution in [0.3, 0.4) is 0 Å². The molecule has 0 bridgehead atoms. The van der Waals surface area contributed by atoms with Gasteiger partial charge in [0.05, 0.1) is 24.2 Å². The first kappa shape index (κ1) is 17.4. The van der Waals surface area contributed by atoms with Gasteiger partial charge in [0.25, 0.3) is 0 Å². The number of carbonyl (C=O) groups excluding carboxylic acids is 1. The molecule has 5 rings (SSSR count). The van der Waals surface area contributed by atoms with E-state index in [0.29, 0.717) is 13.0 Å². The molecule has 0 aliphatic carbocycles. The number of aryl methyl sites for hydroxylation is 1. The highest BCUT2D eigenvalue weighted by molar-refractivity contribution is 5.83. The first-order chi connectivity index (χ1) is 13.7. The summed E-state index contributed by atoms with van der Waals surface area (Å²) in [5.74, 6) is 0.190. The Morgan fingerprint density at radius 2 is 2.07 bits per heavy atom. The third-order valence-electron chi connectivity index (χ3n) is 6.24. The fourth-order valence-electron chi connectivity index (χ4n) is 4.66. The Kier molecular flexibility index (Phi) is 4.16. The summed E-state index contributed by atoms with van der Waals surface area (Å²) in [7, 11) is 1.64. The molecular formula is C22H24N4O2. The van der Waals surface area contributed by atoms with Crippen LogP contribution in [0.2, 0.25) is 0 Å². The quantitative estimate of drug-likeness (QED) is 0.702. The van der Waals surface area contributed by atoms with Gasteiger partial charge in [0.1, 0.15) is 0 Å². The minimum Gasteiger partial charge on any atom is -0.384 e. The van der Waals surface area contributed by atoms with E-state index in [-0.39, 0.29) is 11.3 Å². The van der Waals surface area contributed by atoms with Crippen LogP contribution in [0.15, 0.2) is 42.6 Å². The van der Waals surface area contributed by atoms with Gasteiger partial charge in [-0.25, -0.2) is 0 Å². The second-order valence-corrected chi connectivity index (χ2v) is 7.89. The summed E-state index contributed by atoms with van der Waals surface area (Å²) in [4.78, 5) is 19.0. The van der Waals surface area contributed by atoms with Gasteiger partial charge in [0, 0.05) is 55.0 Å². The number of carbonyl (C=O) groups is 1. The second-order valence-electron chi connectivity index (χ2n) is 7.89. The van der Waals surface area contributed by atoms with Gasteiger partial charge in [-0.3, -0.25) is 14.5 Å². The van der Waals surface area contributed by atoms with Crippen molar-refractivity contribution in [2.45, 2.75) is 31.2 Å². The van der Waals surface area contributed by atoms with Gasteiger partial charge in [-0.15, -0.1) is 0 Å². The summed E-state index contributed by atoms with van der Waals surface area (Å²) in [6, 6.07) is 12.5. The molecule has 1 amide bonds. The molecule has 2 aliphatic heterocycles. The minimum atomic E-state index is 0.0399. The van der Waals surface area contributed by atoms with Gasteiger partial charge in [-0.1, -0.05) is 18.2 Å². The highest BCUT2D eigenvalue weighted by Gasteiger charge is 2.46. The van der Waals surface area contributed by atoms with E-state index in [0.717, 1.165) is 54.6 Å². The average Bonchev–Trinajstić information content (AvgIpc) is 3.43. The summed E-state index contributed by atoms with van der Waals surface area (Å²) in [5, 5.41) is 5.98. The van der Waals surface area contributed by atoms with E-state index in [9.17, 15) is 4.79 Å². The lowest BCUT2D eigenvalue weighted by Gasteiger charge is -2.23. The minimum absolute atomic E-state index is 0.0399. The molecule has 4 heterocycles. The molecule has 0 saturated carbocycles. The average molecular weight is 376 g/mol. The number of hydrogen-bond donors (Lipinski definition) is 0. The van der Waals surface area contributed by atoms with Crippen LogP contribution in [-0.4, -0.2) is 52.4 Å². The maximum absolute atomic E-state index is 12.4. The number of ether oxygens (including phenoxy) is 1. The van der Waals surface area contributed by atoms with Crippen LogP contribution in [-0.2, 0) is 21.5 Å². The summed E-state index contributed by atoms with van der Waals surface area (Å²) in [6.07, 6.45) is 4.43. The normalized spacial score (nSPS) is 21.0. The molecule has 1 atom stereocenters. The smallest absolute Gasteiger partial charge is 0.224 e. The number of nitrogens with zero attached hydrogens (tertiary/aromatic N) is 4. The van der Waals surface area contributed by atoms with Gasteiger partial charge >= 0.3 is 0 Å². The van der Waals surface area contributed by atoms with E-state index in [1.807, 2.05) is 29.3 Å². The molecule has 0 N–H and O–H groups in total. The van der Waals surface area contributed by atoms with E-state index in [4.69, 9.17) is 9.84 Å². The Morgan fingerprint density at radius 1 is 1.21 bits per heavy atom. The molecule has 28 heavy (non-hydrogen) atoms. The third-order valence-corrected chi connectivity index (χ3v) is 6.24. The standard InChI is InChI=1S/C22H24N4O2/c1-28-11-6-21(27)25-9-7-22(15-25)8-10-26-20(22)13-19(24-26)17-12-16-4-2-3-5-18(16)23-14-17/h2-5,12-14H,6-11,15H2,1H3. The van der Waals surface area contributed by atoms with Crippen molar-refractivity contribution >= 4 is 16.8 Å². The number of likely N-dealkylation sites (tertiary alicyclic amines) is 1. The maximum Gasteiger partial charge on any atom is 0.224 e. The van der Waals surface area contributed by atoms with Crippen molar-refractivity contribution in [1.29, 1.82) is 0 Å². The largest absolute Gasteiger partial charge is 0.384 e. The molecular weight excluding hydrogens is 352 g/mol. The Labute approximate surface area is 164 Å². The van der Waals surface area contributed by atoms with Crippen molar-refractivity contribution in [2.75, 3.05) is 26.8 Å². The van der Waals surface area contributed by atoms with E-state index < -0.39 is 0 Å². The number of fused-ring (bicyclic) bond motifs is 3. The Balaban J connectivity index is 1.42. The summed E-state index contributed by atoms with van der Waals surface area (Å²) >= 11 is 0. The first-order valence-electron chi connectivity index (χ1n) is 9.89. The van der Waals surface area contributed by atoms with Crippen molar-refractivity contribution in [3.63, 3.8) is 0 Å². The molecule has 144 valence electrons. The van der Waals surface area contributed by atoms with Crippen molar-refractivity contribution in [3.05, 3.63) is 48.3 Å². The molecule has 6 nitrogen and oxygen atoms in total. The monoisotopic (exact) mass is 376 g/mol. The first-order valence-corrected chi connectivity index (χ1v) is 9.89. The number of benzene rings is 1. The molecule has 2 aromatic heterocycles. The number of aromatic nitrogens is 3. The van der Waals surface area contributed by atoms with Gasteiger partial charge in [-0.2, -0.15) is 5.10 Å². The Bertz CT molecular complexity index is 1040. The number of amides is 1. The zero-order valence-electron chi connectivity index (χ0n) is 16.1. The lowest BCUT2D eigenvalue weighted by molar-refractivity contribution is -0.131. The molecule has 0 radical (unpaired) electrons. The predicted octanol–water partition coefficient (Wildman–Crippen LogP) is 3.01. The van der Waals surface area contributed by atoms with Crippen LogP contribution in [0.25, 0.3) is 22.2 Å². The Hall–Kier alpha value is -2.73. The van der Waals surface area contributed by atoms with Crippen LogP contribution in [0.5, 0.6) is 0 Å². The van der Waals surface area contributed by atoms with Crippen molar-refractivity contribution in [2.24, 2.45) is 0 Å². The van der Waals surface area contributed by atoms with Crippen LogP contribution < -0.4 is 0 Å². The number of rotatable bonds is 4. The van der Waals surface area contributed by atoms with Crippen LogP contribution in [0, 0.1) is 0 Å². The van der Waals surface area contributed by atoms with Crippen molar-refractivity contribution in [3.8, 4) is 11.3 Å². The van der Waals surface area contributed by atoms with Crippen LogP contribution in [0.1, 0.15) is 25.0 Å². The maximum atomic E-state index is 12.4. The molecule has 1 aromatic carbocycles. The van der Waals surface area contributed by atoms with Gasteiger partial charge in [-0.05, 0) is 31.0 Å². The number of para-hydroxylation sites is 1. The molecule has 1 fully saturated rings. The van der Waals surface area contributed by atoms with E-state index in [2.05, 4.69) is 27.9 Å². The number of hydrogen-bond acceptors (Lipinski definition) is 4. The summed E-state index contributed by atoms with van der Waals surface area (Å²) in [6.45, 7) is 3.01. The van der Waals surface area contributed by atoms with Gasteiger partial charge in [0.15, 0.2) is 0 Å². The lowest BCUT2D eigenvalue weighted by atomic mass is 9.82. The SMILES string of the molecule is COCCC(=O)N1CCC2(CCn3nc(-c4cnc5ccccc5c4)cc32)C1. The molecule has 1 saturated heterocycles. The van der Waals surface area contributed by atoms with Crippen molar-refractivity contribution in [1.82, 2.24) is 19.7 Å². The summed E-state index contributed by atoms with van der Waals surface area (Å²) in [5.41, 5.74) is 4.31. The topological polar surface area (TPSA) is 60.2 Å². The van der Waals surface area contributed by atoms with Gasteiger partial charge < -0.3 is 9.64 Å². The number of pyridine rings is 1. The molecule has 1 spiro atoms. The number of methoxy groups -OCH3 is 1. The zero-order chi connectivity index (χ0) is 19.1. The fourth-order valence-corrected chi connectivity index (χ4v) is 4.66. The molecule has 3 aromatic rings. The highest BCUT2D eigenvalue weighted by atomic mass is 16.5. The van der Waals surface area contributed by atoms with Crippen LogP contribution >= 0.6 is 0 Å². The fraction of sp³-hybridized carbons (Fsp3) is 0.409. The predicted molar refractivity (Wildman–Crippen MR) is 107 cm³/mol. The molecule has 2 aliphatic rings. The summed E-state index contributed by atoms with van der Waals surface area (Å²) < 4.78 is 7.19. The van der Waals surface area contributed by atoms with Crippen LogP contribution in [0.4, 0.5) is 0 Å². The highest BCUT2D eigenvalue weighted by Crippen LogP contribution is 2.43.